The average molecular weight is 223 g/mol. The first kappa shape index (κ1) is 13.2. The van der Waals surface area contributed by atoms with Gasteiger partial charge in [-0.1, -0.05) is 27.2 Å². The highest BCUT2D eigenvalue weighted by atomic mass is 15.1. The van der Waals surface area contributed by atoms with Crippen LogP contribution in [0.15, 0.2) is 12.4 Å². The molecule has 1 rings (SSSR count). The summed E-state index contributed by atoms with van der Waals surface area (Å²) in [6, 6.07) is 0.547. The van der Waals surface area contributed by atoms with E-state index in [1.807, 2.05) is 6.20 Å². The van der Waals surface area contributed by atoms with E-state index in [2.05, 4.69) is 48.8 Å². The Morgan fingerprint density at radius 2 is 2.12 bits per heavy atom. The molecule has 1 aromatic heterocycles. The monoisotopic (exact) mass is 223 g/mol. The third-order valence-corrected chi connectivity index (χ3v) is 2.81. The number of nitrogens with zero attached hydrogens (tertiary/aromatic N) is 2. The first-order valence-electron chi connectivity index (χ1n) is 6.35. The molecule has 0 bridgehead atoms. The van der Waals surface area contributed by atoms with Gasteiger partial charge in [0.25, 0.3) is 0 Å². The Balaban J connectivity index is 2.51. The van der Waals surface area contributed by atoms with Crippen LogP contribution in [0.5, 0.6) is 0 Å². The largest absolute Gasteiger partial charge is 0.331 e. The normalized spacial score (nSPS) is 13.3. The molecule has 0 saturated carbocycles. The zero-order chi connectivity index (χ0) is 12.0. The van der Waals surface area contributed by atoms with Crippen LogP contribution in [0.1, 0.15) is 45.5 Å². The summed E-state index contributed by atoms with van der Waals surface area (Å²) < 4.78 is 2.29. The number of rotatable bonds is 7. The second-order valence-electron chi connectivity index (χ2n) is 4.88. The van der Waals surface area contributed by atoms with Gasteiger partial charge in [0.05, 0.1) is 0 Å². The van der Waals surface area contributed by atoms with Gasteiger partial charge >= 0.3 is 0 Å². The van der Waals surface area contributed by atoms with Crippen LogP contribution >= 0.6 is 0 Å². The Hall–Kier alpha value is -0.830. The maximum absolute atomic E-state index is 4.30. The third-order valence-electron chi connectivity index (χ3n) is 2.81. The lowest BCUT2D eigenvalue weighted by atomic mass is 10.1. The summed E-state index contributed by atoms with van der Waals surface area (Å²) in [7, 11) is 0. The maximum atomic E-state index is 4.30. The molecule has 1 atom stereocenters. The molecule has 1 unspecified atom stereocenters. The van der Waals surface area contributed by atoms with Crippen LogP contribution in [-0.2, 0) is 0 Å². The van der Waals surface area contributed by atoms with Gasteiger partial charge in [-0.05, 0) is 25.8 Å². The SMILES string of the molecule is CCCC(CNCC(C)C)n1ccnc1C. The molecule has 3 heteroatoms. The minimum atomic E-state index is 0.547. The first-order chi connectivity index (χ1) is 7.65. The second kappa shape index (κ2) is 6.69. The summed E-state index contributed by atoms with van der Waals surface area (Å²) >= 11 is 0. The van der Waals surface area contributed by atoms with E-state index < -0.39 is 0 Å². The molecule has 0 aliphatic heterocycles. The van der Waals surface area contributed by atoms with Crippen molar-refractivity contribution in [3.63, 3.8) is 0 Å². The number of aryl methyl sites for hydroxylation is 1. The second-order valence-corrected chi connectivity index (χ2v) is 4.88. The number of hydrogen-bond acceptors (Lipinski definition) is 2. The summed E-state index contributed by atoms with van der Waals surface area (Å²) in [5.74, 6) is 1.83. The summed E-state index contributed by atoms with van der Waals surface area (Å²) in [6.07, 6.45) is 6.40. The Bertz CT molecular complexity index is 291. The van der Waals surface area contributed by atoms with Crippen molar-refractivity contribution in [1.29, 1.82) is 0 Å². The quantitative estimate of drug-likeness (QED) is 0.770. The van der Waals surface area contributed by atoms with Crippen LogP contribution < -0.4 is 5.32 Å². The van der Waals surface area contributed by atoms with Gasteiger partial charge in [0.2, 0.25) is 0 Å². The molecule has 1 N–H and O–H groups in total. The molecular weight excluding hydrogens is 198 g/mol. The van der Waals surface area contributed by atoms with Crippen LogP contribution in [-0.4, -0.2) is 22.6 Å². The highest BCUT2D eigenvalue weighted by molar-refractivity contribution is 4.92. The highest BCUT2D eigenvalue weighted by Gasteiger charge is 2.11. The van der Waals surface area contributed by atoms with Crippen molar-refractivity contribution in [2.75, 3.05) is 13.1 Å². The molecule has 0 aliphatic rings. The molecule has 0 aliphatic carbocycles. The molecule has 0 spiro atoms. The fourth-order valence-corrected chi connectivity index (χ4v) is 1.98. The molecule has 3 nitrogen and oxygen atoms in total. The van der Waals surface area contributed by atoms with E-state index in [1.54, 1.807) is 0 Å². The fourth-order valence-electron chi connectivity index (χ4n) is 1.98. The summed E-state index contributed by atoms with van der Waals surface area (Å²) in [5.41, 5.74) is 0. The number of aromatic nitrogens is 2. The number of imidazole rings is 1. The minimum Gasteiger partial charge on any atom is -0.331 e. The van der Waals surface area contributed by atoms with E-state index in [-0.39, 0.29) is 0 Å². The molecule has 1 heterocycles. The minimum absolute atomic E-state index is 0.547. The fraction of sp³-hybridized carbons (Fsp3) is 0.769. The lowest BCUT2D eigenvalue weighted by molar-refractivity contribution is 0.407. The topological polar surface area (TPSA) is 29.9 Å². The molecule has 0 amide bonds. The Morgan fingerprint density at radius 3 is 2.62 bits per heavy atom. The van der Waals surface area contributed by atoms with E-state index in [0.717, 1.165) is 18.9 Å². The molecule has 1 aromatic rings. The molecule has 0 saturated heterocycles. The van der Waals surface area contributed by atoms with Gasteiger partial charge in [-0.15, -0.1) is 0 Å². The lowest BCUT2D eigenvalue weighted by Gasteiger charge is -2.20. The summed E-state index contributed by atoms with van der Waals surface area (Å²) in [4.78, 5) is 4.30. The van der Waals surface area contributed by atoms with Crippen molar-refractivity contribution in [2.45, 2.75) is 46.6 Å². The van der Waals surface area contributed by atoms with Gasteiger partial charge in [-0.3, -0.25) is 0 Å². The van der Waals surface area contributed by atoms with Crippen LogP contribution in [0.4, 0.5) is 0 Å². The van der Waals surface area contributed by atoms with E-state index in [0.29, 0.717) is 12.0 Å². The van der Waals surface area contributed by atoms with Crippen molar-refractivity contribution < 1.29 is 0 Å². The molecule has 0 radical (unpaired) electrons. The van der Waals surface area contributed by atoms with E-state index in [1.165, 1.54) is 12.8 Å². The average Bonchev–Trinajstić information content (AvgIpc) is 2.63. The van der Waals surface area contributed by atoms with Gasteiger partial charge in [-0.25, -0.2) is 4.98 Å². The predicted molar refractivity (Wildman–Crippen MR) is 68.6 cm³/mol. The van der Waals surface area contributed by atoms with E-state index in [4.69, 9.17) is 0 Å². The van der Waals surface area contributed by atoms with E-state index >= 15 is 0 Å². The zero-order valence-corrected chi connectivity index (χ0v) is 11.0. The highest BCUT2D eigenvalue weighted by Crippen LogP contribution is 2.14. The van der Waals surface area contributed by atoms with Gasteiger partial charge in [0.1, 0.15) is 5.82 Å². The van der Waals surface area contributed by atoms with Crippen molar-refractivity contribution >= 4 is 0 Å². The molecule has 0 aromatic carbocycles. The van der Waals surface area contributed by atoms with Gasteiger partial charge in [0, 0.05) is 25.0 Å². The molecule has 16 heavy (non-hydrogen) atoms. The van der Waals surface area contributed by atoms with Crippen LogP contribution in [0.25, 0.3) is 0 Å². The Morgan fingerprint density at radius 1 is 1.38 bits per heavy atom. The predicted octanol–water partition coefficient (Wildman–Crippen LogP) is 2.78. The van der Waals surface area contributed by atoms with Crippen LogP contribution in [0.2, 0.25) is 0 Å². The van der Waals surface area contributed by atoms with Crippen molar-refractivity contribution in [3.05, 3.63) is 18.2 Å². The van der Waals surface area contributed by atoms with Crippen molar-refractivity contribution in [1.82, 2.24) is 14.9 Å². The smallest absolute Gasteiger partial charge is 0.105 e. The molecular formula is C13H25N3. The maximum Gasteiger partial charge on any atom is 0.105 e. The van der Waals surface area contributed by atoms with Crippen LogP contribution in [0.3, 0.4) is 0 Å². The summed E-state index contributed by atoms with van der Waals surface area (Å²) in [6.45, 7) is 10.9. The lowest BCUT2D eigenvalue weighted by Crippen LogP contribution is -2.28. The van der Waals surface area contributed by atoms with E-state index in [9.17, 15) is 0 Å². The van der Waals surface area contributed by atoms with Crippen LogP contribution in [0, 0.1) is 12.8 Å². The molecule has 0 fully saturated rings. The standard InChI is InChI=1S/C13H25N3/c1-5-6-13(10-14-9-11(2)3)16-8-7-15-12(16)4/h7-8,11,13-14H,5-6,9-10H2,1-4H3. The zero-order valence-electron chi connectivity index (χ0n) is 11.0. The van der Waals surface area contributed by atoms with Crippen molar-refractivity contribution in [3.8, 4) is 0 Å². The number of hydrogen-bond donors (Lipinski definition) is 1. The Labute approximate surface area is 99.3 Å². The summed E-state index contributed by atoms with van der Waals surface area (Å²) in [5, 5.41) is 3.54. The van der Waals surface area contributed by atoms with Gasteiger partial charge in [0.15, 0.2) is 0 Å². The first-order valence-corrected chi connectivity index (χ1v) is 6.35. The third kappa shape index (κ3) is 3.97. The van der Waals surface area contributed by atoms with Gasteiger partial charge in [-0.2, -0.15) is 0 Å². The molecule has 92 valence electrons. The number of nitrogens with one attached hydrogen (secondary N) is 1. The van der Waals surface area contributed by atoms with Crippen molar-refractivity contribution in [2.24, 2.45) is 5.92 Å². The Kier molecular flexibility index (Phi) is 5.53. The van der Waals surface area contributed by atoms with Gasteiger partial charge < -0.3 is 9.88 Å².